The van der Waals surface area contributed by atoms with Gasteiger partial charge in [-0.15, -0.1) is 0 Å². The van der Waals surface area contributed by atoms with Gasteiger partial charge in [-0.25, -0.2) is 5.84 Å². The monoisotopic (exact) mass is 253 g/mol. The summed E-state index contributed by atoms with van der Waals surface area (Å²) in [5, 5.41) is 8.94. The first-order valence-corrected chi connectivity index (χ1v) is 6.04. The minimum Gasteiger partial charge on any atom is -0.395 e. The molecule has 1 aliphatic heterocycles. The van der Waals surface area contributed by atoms with Crippen molar-refractivity contribution < 1.29 is 5.11 Å². The van der Waals surface area contributed by atoms with Crippen molar-refractivity contribution in [1.82, 2.24) is 15.0 Å². The maximum Gasteiger partial charge on any atom is 0.243 e. The molecule has 0 aromatic carbocycles. The standard InChI is InChI=1S/C10H19N7O/c1-16(6-7-18)9-12-8(15-11)13-10(14-9)17-4-2-3-5-17/h18H,2-7,11H2,1H3,(H,12,13,14,15). The number of aliphatic hydroxyl groups is 1. The van der Waals surface area contributed by atoms with Gasteiger partial charge in [0.2, 0.25) is 17.8 Å². The second-order valence-corrected chi connectivity index (χ2v) is 4.24. The zero-order chi connectivity index (χ0) is 13.0. The van der Waals surface area contributed by atoms with Crippen LogP contribution in [-0.2, 0) is 0 Å². The Morgan fingerprint density at radius 1 is 1.33 bits per heavy atom. The lowest BCUT2D eigenvalue weighted by molar-refractivity contribution is 0.303. The van der Waals surface area contributed by atoms with Crippen molar-refractivity contribution in [3.05, 3.63) is 0 Å². The molecule has 4 N–H and O–H groups in total. The molecule has 2 heterocycles. The zero-order valence-electron chi connectivity index (χ0n) is 10.5. The SMILES string of the molecule is CN(CCO)c1nc(NN)nc(N2CCCC2)n1. The van der Waals surface area contributed by atoms with Crippen molar-refractivity contribution in [1.29, 1.82) is 0 Å². The molecule has 8 heteroatoms. The van der Waals surface area contributed by atoms with E-state index in [2.05, 4.69) is 25.3 Å². The first-order chi connectivity index (χ1) is 8.74. The number of nitrogen functional groups attached to an aromatic ring is 1. The number of hydrogen-bond donors (Lipinski definition) is 3. The average molecular weight is 253 g/mol. The van der Waals surface area contributed by atoms with Gasteiger partial charge in [-0.2, -0.15) is 15.0 Å². The maximum absolute atomic E-state index is 8.94. The minimum atomic E-state index is 0.0482. The first-order valence-electron chi connectivity index (χ1n) is 6.04. The van der Waals surface area contributed by atoms with E-state index >= 15 is 0 Å². The number of rotatable bonds is 5. The van der Waals surface area contributed by atoms with Crippen LogP contribution in [0, 0.1) is 0 Å². The predicted molar refractivity (Wildman–Crippen MR) is 69.4 cm³/mol. The second-order valence-electron chi connectivity index (χ2n) is 4.24. The fraction of sp³-hybridized carbons (Fsp3) is 0.700. The third-order valence-corrected chi connectivity index (χ3v) is 2.91. The number of nitrogens with one attached hydrogen (secondary N) is 1. The van der Waals surface area contributed by atoms with E-state index in [1.807, 2.05) is 7.05 Å². The molecular weight excluding hydrogens is 234 g/mol. The minimum absolute atomic E-state index is 0.0482. The van der Waals surface area contributed by atoms with Gasteiger partial charge in [-0.05, 0) is 12.8 Å². The summed E-state index contributed by atoms with van der Waals surface area (Å²) in [5.74, 6) is 6.85. The van der Waals surface area contributed by atoms with Crippen molar-refractivity contribution in [2.45, 2.75) is 12.8 Å². The number of likely N-dealkylation sites (N-methyl/N-ethyl adjacent to an activating group) is 1. The summed E-state index contributed by atoms with van der Waals surface area (Å²) in [4.78, 5) is 16.7. The molecule has 2 rings (SSSR count). The van der Waals surface area contributed by atoms with E-state index in [-0.39, 0.29) is 6.61 Å². The lowest BCUT2D eigenvalue weighted by atomic mass is 10.4. The number of hydrazine groups is 1. The van der Waals surface area contributed by atoms with Gasteiger partial charge in [0.05, 0.1) is 6.61 Å². The molecule has 0 saturated carbocycles. The molecule has 0 bridgehead atoms. The predicted octanol–water partition coefficient (Wildman–Crippen LogP) is -0.814. The molecule has 1 fully saturated rings. The fourth-order valence-corrected chi connectivity index (χ4v) is 1.90. The van der Waals surface area contributed by atoms with Crippen LogP contribution in [0.5, 0.6) is 0 Å². The van der Waals surface area contributed by atoms with E-state index in [0.29, 0.717) is 24.4 Å². The lowest BCUT2D eigenvalue weighted by Crippen LogP contribution is -2.27. The number of hydrogen-bond acceptors (Lipinski definition) is 8. The molecule has 0 aliphatic carbocycles. The van der Waals surface area contributed by atoms with E-state index < -0.39 is 0 Å². The van der Waals surface area contributed by atoms with Crippen LogP contribution in [0.2, 0.25) is 0 Å². The van der Waals surface area contributed by atoms with Gasteiger partial charge in [-0.1, -0.05) is 0 Å². The van der Waals surface area contributed by atoms with E-state index in [4.69, 9.17) is 10.9 Å². The smallest absolute Gasteiger partial charge is 0.243 e. The topological polar surface area (TPSA) is 103 Å². The Kier molecular flexibility index (Phi) is 4.11. The molecule has 1 saturated heterocycles. The number of nitrogens with two attached hydrogens (primary N) is 1. The Balaban J connectivity index is 2.26. The molecule has 1 aliphatic rings. The van der Waals surface area contributed by atoms with Crippen molar-refractivity contribution in [2.24, 2.45) is 5.84 Å². The molecular formula is C10H19N7O. The summed E-state index contributed by atoms with van der Waals surface area (Å²) in [6.07, 6.45) is 2.30. The van der Waals surface area contributed by atoms with Crippen LogP contribution in [-0.4, -0.2) is 53.3 Å². The Bertz CT molecular complexity index is 394. The summed E-state index contributed by atoms with van der Waals surface area (Å²) in [5.41, 5.74) is 2.45. The van der Waals surface area contributed by atoms with Gasteiger partial charge in [-0.3, -0.25) is 5.43 Å². The molecule has 1 aromatic heterocycles. The highest BCUT2D eigenvalue weighted by Gasteiger charge is 2.18. The van der Waals surface area contributed by atoms with Crippen LogP contribution < -0.4 is 21.1 Å². The summed E-state index contributed by atoms with van der Waals surface area (Å²) >= 11 is 0. The van der Waals surface area contributed by atoms with E-state index in [1.165, 1.54) is 0 Å². The van der Waals surface area contributed by atoms with Crippen molar-refractivity contribution >= 4 is 17.8 Å². The Morgan fingerprint density at radius 3 is 2.67 bits per heavy atom. The molecule has 1 aromatic rings. The Labute approximate surface area is 106 Å². The highest BCUT2D eigenvalue weighted by Crippen LogP contribution is 2.19. The van der Waals surface area contributed by atoms with E-state index in [9.17, 15) is 0 Å². The summed E-state index contributed by atoms with van der Waals surface area (Å²) in [6.45, 7) is 2.43. The normalized spacial score (nSPS) is 14.9. The second kappa shape index (κ2) is 5.78. The van der Waals surface area contributed by atoms with Gasteiger partial charge in [0.1, 0.15) is 0 Å². The van der Waals surface area contributed by atoms with E-state index in [1.54, 1.807) is 4.90 Å². The van der Waals surface area contributed by atoms with Crippen molar-refractivity contribution in [3.63, 3.8) is 0 Å². The molecule has 0 atom stereocenters. The van der Waals surface area contributed by atoms with Crippen LogP contribution in [0.25, 0.3) is 0 Å². The number of nitrogens with zero attached hydrogens (tertiary/aromatic N) is 5. The molecule has 8 nitrogen and oxygen atoms in total. The quantitative estimate of drug-likeness (QED) is 0.462. The fourth-order valence-electron chi connectivity index (χ4n) is 1.90. The molecule has 100 valence electrons. The molecule has 0 unspecified atom stereocenters. The van der Waals surface area contributed by atoms with Crippen molar-refractivity contribution in [3.8, 4) is 0 Å². The highest BCUT2D eigenvalue weighted by molar-refractivity contribution is 5.44. The summed E-state index contributed by atoms with van der Waals surface area (Å²) in [6, 6.07) is 0. The molecule has 0 spiro atoms. The average Bonchev–Trinajstić information content (AvgIpc) is 2.92. The molecule has 0 amide bonds. The Morgan fingerprint density at radius 2 is 2.06 bits per heavy atom. The Hall–Kier alpha value is -1.67. The van der Waals surface area contributed by atoms with Gasteiger partial charge in [0.25, 0.3) is 0 Å². The van der Waals surface area contributed by atoms with Crippen LogP contribution in [0.15, 0.2) is 0 Å². The van der Waals surface area contributed by atoms with Crippen LogP contribution in [0.3, 0.4) is 0 Å². The highest BCUT2D eigenvalue weighted by atomic mass is 16.3. The molecule has 18 heavy (non-hydrogen) atoms. The number of aliphatic hydroxyl groups excluding tert-OH is 1. The number of aromatic nitrogens is 3. The third-order valence-electron chi connectivity index (χ3n) is 2.91. The summed E-state index contributed by atoms with van der Waals surface area (Å²) < 4.78 is 0. The first kappa shape index (κ1) is 12.8. The maximum atomic E-state index is 8.94. The van der Waals surface area contributed by atoms with Gasteiger partial charge >= 0.3 is 0 Å². The van der Waals surface area contributed by atoms with Crippen LogP contribution in [0.1, 0.15) is 12.8 Å². The van der Waals surface area contributed by atoms with Gasteiger partial charge in [0.15, 0.2) is 0 Å². The summed E-state index contributed by atoms with van der Waals surface area (Å²) in [7, 11) is 1.82. The van der Waals surface area contributed by atoms with Crippen molar-refractivity contribution in [2.75, 3.05) is 48.5 Å². The number of anilines is 3. The van der Waals surface area contributed by atoms with Crippen LogP contribution >= 0.6 is 0 Å². The van der Waals surface area contributed by atoms with Gasteiger partial charge < -0.3 is 14.9 Å². The van der Waals surface area contributed by atoms with Gasteiger partial charge in [0, 0.05) is 26.7 Å². The zero-order valence-corrected chi connectivity index (χ0v) is 10.5. The van der Waals surface area contributed by atoms with E-state index in [0.717, 1.165) is 25.9 Å². The molecule has 0 radical (unpaired) electrons. The third kappa shape index (κ3) is 2.77. The largest absolute Gasteiger partial charge is 0.395 e. The lowest BCUT2D eigenvalue weighted by Gasteiger charge is -2.20. The van der Waals surface area contributed by atoms with Crippen LogP contribution in [0.4, 0.5) is 17.8 Å².